The van der Waals surface area contributed by atoms with Gasteiger partial charge in [0.05, 0.1) is 0 Å². The molecule has 1 aliphatic rings. The number of nitrogens with one attached hydrogen (secondary N) is 1. The lowest BCUT2D eigenvalue weighted by Gasteiger charge is -2.33. The van der Waals surface area contributed by atoms with Crippen LogP contribution in [0.25, 0.3) is 6.08 Å². The second-order valence-electron chi connectivity index (χ2n) is 6.14. The van der Waals surface area contributed by atoms with E-state index in [9.17, 15) is 9.59 Å². The Morgan fingerprint density at radius 2 is 1.96 bits per heavy atom. The number of carbonyl (C=O) groups excluding carboxylic acids is 2. The molecule has 0 saturated carbocycles. The number of hydrogen-bond donors (Lipinski definition) is 2. The van der Waals surface area contributed by atoms with Crippen molar-refractivity contribution in [3.63, 3.8) is 0 Å². The highest BCUT2D eigenvalue weighted by Crippen LogP contribution is 2.24. The number of ether oxygens (including phenoxy) is 1. The molecule has 1 aromatic carbocycles. The van der Waals surface area contributed by atoms with Gasteiger partial charge >= 0.3 is 0 Å². The zero-order valence-electron chi connectivity index (χ0n) is 14.1. The summed E-state index contributed by atoms with van der Waals surface area (Å²) in [4.78, 5) is 25.0. The van der Waals surface area contributed by atoms with E-state index in [1.165, 1.54) is 6.08 Å². The number of amides is 2. The van der Waals surface area contributed by atoms with Crippen molar-refractivity contribution in [2.75, 3.05) is 13.1 Å². The van der Waals surface area contributed by atoms with E-state index in [1.54, 1.807) is 11.6 Å². The molecule has 0 bridgehead atoms. The Hall–Kier alpha value is -2.34. The molecule has 2 amide bonds. The molecule has 0 radical (unpaired) electrons. The summed E-state index contributed by atoms with van der Waals surface area (Å²) in [6.45, 7) is 5.23. The Labute approximate surface area is 142 Å². The molecule has 1 fully saturated rings. The normalized spacial score (nSPS) is 15.8. The number of piperidine rings is 1. The summed E-state index contributed by atoms with van der Waals surface area (Å²) in [7, 11) is 0. The van der Waals surface area contributed by atoms with Gasteiger partial charge in [0.1, 0.15) is 11.9 Å². The maximum Gasteiger partial charge on any atom is 0.267 e. The fourth-order valence-electron chi connectivity index (χ4n) is 2.67. The first kappa shape index (κ1) is 18.0. The Kier molecular flexibility index (Phi) is 6.37. The number of benzene rings is 1. The average Bonchev–Trinajstić information content (AvgIpc) is 2.60. The van der Waals surface area contributed by atoms with Gasteiger partial charge in [0.25, 0.3) is 5.91 Å². The topological polar surface area (TPSA) is 78.9 Å². The highest BCUT2D eigenvalue weighted by atomic mass is 16.5. The van der Waals surface area contributed by atoms with E-state index in [2.05, 4.69) is 0 Å². The molecule has 1 saturated heterocycles. The van der Waals surface area contributed by atoms with Crippen LogP contribution in [0.5, 0.6) is 5.75 Å². The van der Waals surface area contributed by atoms with Gasteiger partial charge in [-0.2, -0.15) is 0 Å². The molecule has 6 nitrogen and oxygen atoms in total. The van der Waals surface area contributed by atoms with Gasteiger partial charge in [0.2, 0.25) is 5.91 Å². The zero-order chi connectivity index (χ0) is 17.5. The van der Waals surface area contributed by atoms with Crippen LogP contribution in [0.4, 0.5) is 0 Å². The van der Waals surface area contributed by atoms with Crippen LogP contribution in [0.2, 0.25) is 0 Å². The Balaban J connectivity index is 1.97. The van der Waals surface area contributed by atoms with Crippen molar-refractivity contribution in [2.45, 2.75) is 32.8 Å². The number of hydrogen-bond acceptors (Lipinski definition) is 4. The monoisotopic (exact) mass is 332 g/mol. The molecule has 2 N–H and O–H groups in total. The number of likely N-dealkylation sites (tertiary alicyclic amines) is 1. The first-order valence-electron chi connectivity index (χ1n) is 8.18. The lowest BCUT2D eigenvalue weighted by atomic mass is 10.1. The van der Waals surface area contributed by atoms with E-state index in [1.807, 2.05) is 43.0 Å². The Bertz CT molecular complexity index is 605. The van der Waals surface area contributed by atoms with Crippen molar-refractivity contribution < 1.29 is 19.5 Å². The predicted molar refractivity (Wildman–Crippen MR) is 90.5 cm³/mol. The van der Waals surface area contributed by atoms with Crippen LogP contribution in [0.3, 0.4) is 0 Å². The Morgan fingerprint density at radius 1 is 1.29 bits per heavy atom. The van der Waals surface area contributed by atoms with E-state index < -0.39 is 5.91 Å². The van der Waals surface area contributed by atoms with Gasteiger partial charge in [-0.15, -0.1) is 0 Å². The first-order valence-corrected chi connectivity index (χ1v) is 8.18. The molecule has 6 heteroatoms. The quantitative estimate of drug-likeness (QED) is 0.492. The summed E-state index contributed by atoms with van der Waals surface area (Å²) in [5.74, 6) is 0.302. The third kappa shape index (κ3) is 4.83. The van der Waals surface area contributed by atoms with Gasteiger partial charge in [0.15, 0.2) is 0 Å². The molecule has 0 aliphatic carbocycles. The van der Waals surface area contributed by atoms with Crippen LogP contribution in [-0.2, 0) is 9.59 Å². The molecule has 1 aliphatic heterocycles. The summed E-state index contributed by atoms with van der Waals surface area (Å²) < 4.78 is 6.06. The standard InChI is InChI=1S/C18H24N2O4/c1-13(2)18(22)20-11-9-15(10-12-20)24-16-6-4-3-5-14(16)7-8-17(21)19-23/h3-8,13,15,23H,9-12H2,1-2H3,(H,19,21)/b8-7+. The molecule has 0 spiro atoms. The van der Waals surface area contributed by atoms with Gasteiger partial charge in [-0.1, -0.05) is 32.0 Å². The number of nitrogens with zero attached hydrogens (tertiary/aromatic N) is 1. The number of carbonyl (C=O) groups is 2. The molecule has 1 aromatic rings. The highest BCUT2D eigenvalue weighted by molar-refractivity contribution is 5.91. The average molecular weight is 332 g/mol. The first-order chi connectivity index (χ1) is 11.5. The molecule has 0 aromatic heterocycles. The molecule has 0 atom stereocenters. The van der Waals surface area contributed by atoms with Crippen molar-refractivity contribution in [1.29, 1.82) is 0 Å². The third-order valence-electron chi connectivity index (χ3n) is 3.98. The van der Waals surface area contributed by atoms with Crippen LogP contribution in [0, 0.1) is 5.92 Å². The van der Waals surface area contributed by atoms with Crippen molar-refractivity contribution in [1.82, 2.24) is 10.4 Å². The van der Waals surface area contributed by atoms with E-state index >= 15 is 0 Å². The van der Waals surface area contributed by atoms with Gasteiger partial charge in [-0.3, -0.25) is 14.8 Å². The maximum absolute atomic E-state index is 12.0. The summed E-state index contributed by atoms with van der Waals surface area (Å²) in [5.41, 5.74) is 2.32. The smallest absolute Gasteiger partial charge is 0.267 e. The van der Waals surface area contributed by atoms with E-state index in [0.29, 0.717) is 18.8 Å². The third-order valence-corrected chi connectivity index (χ3v) is 3.98. The molecule has 1 heterocycles. The van der Waals surface area contributed by atoms with Crippen molar-refractivity contribution >= 4 is 17.9 Å². The summed E-state index contributed by atoms with van der Waals surface area (Å²) in [6, 6.07) is 7.42. The second-order valence-corrected chi connectivity index (χ2v) is 6.14. The number of rotatable bonds is 5. The Morgan fingerprint density at radius 3 is 2.58 bits per heavy atom. The van der Waals surface area contributed by atoms with E-state index in [-0.39, 0.29) is 17.9 Å². The molecule has 2 rings (SSSR count). The van der Waals surface area contributed by atoms with Crippen LogP contribution in [0.15, 0.2) is 30.3 Å². The minimum atomic E-state index is -0.592. The van der Waals surface area contributed by atoms with Crippen LogP contribution >= 0.6 is 0 Å². The molecular formula is C18H24N2O4. The van der Waals surface area contributed by atoms with Crippen LogP contribution < -0.4 is 10.2 Å². The van der Waals surface area contributed by atoms with Gasteiger partial charge in [0, 0.05) is 43.5 Å². The van der Waals surface area contributed by atoms with Crippen molar-refractivity contribution in [2.24, 2.45) is 5.92 Å². The van der Waals surface area contributed by atoms with Crippen LogP contribution in [0.1, 0.15) is 32.3 Å². The van der Waals surface area contributed by atoms with Gasteiger partial charge < -0.3 is 9.64 Å². The van der Waals surface area contributed by atoms with Crippen molar-refractivity contribution in [3.05, 3.63) is 35.9 Å². The molecule has 24 heavy (non-hydrogen) atoms. The molecule has 0 unspecified atom stereocenters. The minimum absolute atomic E-state index is 0.0194. The lowest BCUT2D eigenvalue weighted by molar-refractivity contribution is -0.136. The predicted octanol–water partition coefficient (Wildman–Crippen LogP) is 2.23. The SMILES string of the molecule is CC(C)C(=O)N1CCC(Oc2ccccc2/C=C/C(=O)NO)CC1. The maximum atomic E-state index is 12.0. The molecular weight excluding hydrogens is 308 g/mol. The van der Waals surface area contributed by atoms with Gasteiger partial charge in [-0.25, -0.2) is 5.48 Å². The zero-order valence-corrected chi connectivity index (χ0v) is 14.1. The number of hydroxylamine groups is 1. The largest absolute Gasteiger partial charge is 0.490 e. The number of para-hydroxylation sites is 1. The van der Waals surface area contributed by atoms with E-state index in [4.69, 9.17) is 9.94 Å². The molecule has 130 valence electrons. The summed E-state index contributed by atoms with van der Waals surface area (Å²) in [6.07, 6.45) is 4.45. The minimum Gasteiger partial charge on any atom is -0.490 e. The lowest BCUT2D eigenvalue weighted by Crippen LogP contribution is -2.43. The van der Waals surface area contributed by atoms with Gasteiger partial charge in [-0.05, 0) is 12.1 Å². The van der Waals surface area contributed by atoms with Crippen LogP contribution in [-0.4, -0.2) is 41.1 Å². The van der Waals surface area contributed by atoms with Crippen molar-refractivity contribution in [3.8, 4) is 5.75 Å². The second kappa shape index (κ2) is 8.49. The van der Waals surface area contributed by atoms with E-state index in [0.717, 1.165) is 18.4 Å². The summed E-state index contributed by atoms with van der Waals surface area (Å²) >= 11 is 0. The fraction of sp³-hybridized carbons (Fsp3) is 0.444. The fourth-order valence-corrected chi connectivity index (χ4v) is 2.67. The highest BCUT2D eigenvalue weighted by Gasteiger charge is 2.25. The summed E-state index contributed by atoms with van der Waals surface area (Å²) in [5, 5.41) is 8.54.